The highest BCUT2D eigenvalue weighted by Gasteiger charge is 2.27. The second-order valence-corrected chi connectivity index (χ2v) is 6.37. The van der Waals surface area contributed by atoms with Crippen molar-refractivity contribution in [3.63, 3.8) is 0 Å². The second kappa shape index (κ2) is 9.04. The Labute approximate surface area is 154 Å². The predicted molar refractivity (Wildman–Crippen MR) is 100 cm³/mol. The normalized spacial score (nSPS) is 12.9. The Morgan fingerprint density at radius 1 is 1.04 bits per heavy atom. The minimum absolute atomic E-state index is 0.0853. The second-order valence-electron chi connectivity index (χ2n) is 6.37. The van der Waals surface area contributed by atoms with Gasteiger partial charge >= 0.3 is 5.97 Å². The summed E-state index contributed by atoms with van der Waals surface area (Å²) in [5.74, 6) is -0.562. The molecule has 0 heterocycles. The number of nitrogens with zero attached hydrogens (tertiary/aromatic N) is 1. The van der Waals surface area contributed by atoms with Crippen LogP contribution in [0.15, 0.2) is 54.6 Å². The summed E-state index contributed by atoms with van der Waals surface area (Å²) in [6.07, 6.45) is 0.213. The summed E-state index contributed by atoms with van der Waals surface area (Å²) in [7, 11) is 1.60. The molecule has 2 aromatic carbocycles. The van der Waals surface area contributed by atoms with Gasteiger partial charge in [0, 0.05) is 13.0 Å². The van der Waals surface area contributed by atoms with E-state index in [1.54, 1.807) is 7.11 Å². The molecule has 138 valence electrons. The van der Waals surface area contributed by atoms with E-state index in [1.165, 1.54) is 11.8 Å². The number of ether oxygens (including phenoxy) is 1. The fourth-order valence-electron chi connectivity index (χ4n) is 2.92. The van der Waals surface area contributed by atoms with Gasteiger partial charge in [0.25, 0.3) is 0 Å². The molecule has 0 aliphatic rings. The van der Waals surface area contributed by atoms with Gasteiger partial charge in [0.15, 0.2) is 0 Å². The lowest BCUT2D eigenvalue weighted by Crippen LogP contribution is -2.43. The third-order valence-corrected chi connectivity index (χ3v) is 4.49. The number of methoxy groups -OCH3 is 1. The maximum absolute atomic E-state index is 12.9. The molecule has 0 aliphatic carbocycles. The topological polar surface area (TPSA) is 66.8 Å². The minimum Gasteiger partial charge on any atom is -0.496 e. The lowest BCUT2D eigenvalue weighted by molar-refractivity contribution is -0.150. The highest BCUT2D eigenvalue weighted by molar-refractivity contribution is 5.84. The minimum atomic E-state index is -1.01. The molecule has 0 spiro atoms. The van der Waals surface area contributed by atoms with Crippen LogP contribution in [0.25, 0.3) is 0 Å². The van der Waals surface area contributed by atoms with Gasteiger partial charge in [0.1, 0.15) is 11.8 Å². The summed E-state index contributed by atoms with van der Waals surface area (Å²) >= 11 is 0. The van der Waals surface area contributed by atoms with Crippen LogP contribution in [0.4, 0.5) is 0 Å². The van der Waals surface area contributed by atoms with Crippen molar-refractivity contribution < 1.29 is 19.4 Å². The van der Waals surface area contributed by atoms with Crippen LogP contribution in [-0.2, 0) is 16.1 Å². The van der Waals surface area contributed by atoms with Crippen LogP contribution >= 0.6 is 0 Å². The molecule has 2 aromatic rings. The number of carboxylic acid groups (broad SMARTS) is 1. The number of para-hydroxylation sites is 1. The molecular formula is C21H25NO4. The van der Waals surface area contributed by atoms with Gasteiger partial charge in [-0.2, -0.15) is 0 Å². The van der Waals surface area contributed by atoms with Crippen molar-refractivity contribution in [1.29, 1.82) is 0 Å². The number of rotatable bonds is 8. The quantitative estimate of drug-likeness (QED) is 0.784. The third-order valence-electron chi connectivity index (χ3n) is 4.49. The lowest BCUT2D eigenvalue weighted by atomic mass is 9.95. The Balaban J connectivity index is 2.19. The van der Waals surface area contributed by atoms with Crippen molar-refractivity contribution in [2.75, 3.05) is 7.11 Å². The predicted octanol–water partition coefficient (Wildman–Crippen LogP) is 3.69. The van der Waals surface area contributed by atoms with Gasteiger partial charge in [0.2, 0.25) is 5.91 Å². The lowest BCUT2D eigenvalue weighted by Gasteiger charge is -2.28. The van der Waals surface area contributed by atoms with Crippen molar-refractivity contribution >= 4 is 11.9 Å². The number of carbonyl (C=O) groups is 2. The number of carboxylic acids is 1. The number of benzene rings is 2. The van der Waals surface area contributed by atoms with Gasteiger partial charge in [-0.1, -0.05) is 55.5 Å². The van der Waals surface area contributed by atoms with Crippen LogP contribution in [0.5, 0.6) is 5.75 Å². The van der Waals surface area contributed by atoms with E-state index in [0.717, 1.165) is 16.9 Å². The first-order chi connectivity index (χ1) is 12.4. The average molecular weight is 355 g/mol. The van der Waals surface area contributed by atoms with Crippen LogP contribution in [0, 0.1) is 0 Å². The molecule has 5 heteroatoms. The Hall–Kier alpha value is -2.82. The van der Waals surface area contributed by atoms with E-state index in [2.05, 4.69) is 0 Å². The molecular weight excluding hydrogens is 330 g/mol. The van der Waals surface area contributed by atoms with Crippen LogP contribution in [-0.4, -0.2) is 35.0 Å². The fourth-order valence-corrected chi connectivity index (χ4v) is 2.92. The van der Waals surface area contributed by atoms with E-state index in [-0.39, 0.29) is 24.8 Å². The SMILES string of the molecule is COc1ccccc1C(C)CC(=O)N(Cc1ccccc1)C(C)C(=O)O. The van der Waals surface area contributed by atoms with Crippen molar-refractivity contribution in [1.82, 2.24) is 4.90 Å². The molecule has 5 nitrogen and oxygen atoms in total. The largest absolute Gasteiger partial charge is 0.496 e. The number of hydrogen-bond acceptors (Lipinski definition) is 3. The Kier molecular flexibility index (Phi) is 6.78. The van der Waals surface area contributed by atoms with E-state index >= 15 is 0 Å². The summed E-state index contributed by atoms with van der Waals surface area (Å²) in [5, 5.41) is 9.40. The number of hydrogen-bond donors (Lipinski definition) is 1. The average Bonchev–Trinajstić information content (AvgIpc) is 2.66. The van der Waals surface area contributed by atoms with E-state index in [1.807, 2.05) is 61.5 Å². The zero-order valence-electron chi connectivity index (χ0n) is 15.4. The molecule has 2 atom stereocenters. The summed E-state index contributed by atoms with van der Waals surface area (Å²) < 4.78 is 5.37. The first kappa shape index (κ1) is 19.5. The van der Waals surface area contributed by atoms with Gasteiger partial charge in [-0.25, -0.2) is 4.79 Å². The molecule has 1 amide bonds. The molecule has 0 bridgehead atoms. The molecule has 0 aliphatic heterocycles. The molecule has 0 saturated heterocycles. The van der Waals surface area contributed by atoms with E-state index < -0.39 is 12.0 Å². The molecule has 0 aromatic heterocycles. The Bertz CT molecular complexity index is 745. The van der Waals surface area contributed by atoms with Crippen molar-refractivity contribution in [2.45, 2.75) is 38.8 Å². The highest BCUT2D eigenvalue weighted by atomic mass is 16.5. The standard InChI is InChI=1S/C21H25NO4/c1-15(18-11-7-8-12-19(18)26-3)13-20(23)22(16(2)21(24)25)14-17-9-5-4-6-10-17/h4-12,15-16H,13-14H2,1-3H3,(H,24,25). The molecule has 2 rings (SSSR count). The summed E-state index contributed by atoms with van der Waals surface area (Å²) in [4.78, 5) is 25.8. The molecule has 0 saturated carbocycles. The van der Waals surface area contributed by atoms with Gasteiger partial charge in [0.05, 0.1) is 7.11 Å². The number of carbonyl (C=O) groups excluding carboxylic acids is 1. The highest BCUT2D eigenvalue weighted by Crippen LogP contribution is 2.29. The van der Waals surface area contributed by atoms with Crippen molar-refractivity contribution in [2.24, 2.45) is 0 Å². The van der Waals surface area contributed by atoms with Crippen molar-refractivity contribution in [3.8, 4) is 5.75 Å². The van der Waals surface area contributed by atoms with E-state index in [4.69, 9.17) is 4.74 Å². The maximum Gasteiger partial charge on any atom is 0.326 e. The van der Waals surface area contributed by atoms with Crippen molar-refractivity contribution in [3.05, 3.63) is 65.7 Å². The monoisotopic (exact) mass is 355 g/mol. The maximum atomic E-state index is 12.9. The molecule has 26 heavy (non-hydrogen) atoms. The number of aliphatic carboxylic acids is 1. The van der Waals surface area contributed by atoms with Crippen LogP contribution < -0.4 is 4.74 Å². The van der Waals surface area contributed by atoms with E-state index in [0.29, 0.717) is 0 Å². The van der Waals surface area contributed by atoms with Gasteiger partial charge in [-0.3, -0.25) is 4.79 Å². The van der Waals surface area contributed by atoms with Crippen LogP contribution in [0.1, 0.15) is 37.3 Å². The van der Waals surface area contributed by atoms with Crippen LogP contribution in [0.3, 0.4) is 0 Å². The molecule has 1 N–H and O–H groups in total. The Morgan fingerprint density at radius 2 is 1.65 bits per heavy atom. The van der Waals surface area contributed by atoms with Gasteiger partial charge in [-0.15, -0.1) is 0 Å². The molecule has 2 unspecified atom stereocenters. The third kappa shape index (κ3) is 4.85. The van der Waals surface area contributed by atoms with Gasteiger partial charge < -0.3 is 14.7 Å². The van der Waals surface area contributed by atoms with Crippen LogP contribution in [0.2, 0.25) is 0 Å². The summed E-state index contributed by atoms with van der Waals surface area (Å²) in [5.41, 5.74) is 1.84. The molecule has 0 radical (unpaired) electrons. The summed E-state index contributed by atoms with van der Waals surface area (Å²) in [6.45, 7) is 3.75. The zero-order chi connectivity index (χ0) is 19.1. The molecule has 0 fully saturated rings. The Morgan fingerprint density at radius 3 is 2.27 bits per heavy atom. The number of amides is 1. The van der Waals surface area contributed by atoms with Gasteiger partial charge in [-0.05, 0) is 30.0 Å². The zero-order valence-corrected chi connectivity index (χ0v) is 15.4. The summed E-state index contributed by atoms with van der Waals surface area (Å²) in [6, 6.07) is 16.1. The first-order valence-electron chi connectivity index (χ1n) is 8.63. The van der Waals surface area contributed by atoms with E-state index in [9.17, 15) is 14.7 Å². The fraction of sp³-hybridized carbons (Fsp3) is 0.333. The smallest absolute Gasteiger partial charge is 0.326 e. The first-order valence-corrected chi connectivity index (χ1v) is 8.63.